The molecular weight excluding hydrogens is 202 g/mol. The summed E-state index contributed by atoms with van der Waals surface area (Å²) in [6, 6.07) is 4.07. The highest BCUT2D eigenvalue weighted by molar-refractivity contribution is 5.80. The molecule has 4 heteroatoms. The van der Waals surface area contributed by atoms with Gasteiger partial charge in [0.1, 0.15) is 5.78 Å². The van der Waals surface area contributed by atoms with E-state index in [1.165, 1.54) is 0 Å². The second kappa shape index (κ2) is 3.96. The van der Waals surface area contributed by atoms with Gasteiger partial charge in [0.2, 0.25) is 0 Å². The molecule has 0 aliphatic heterocycles. The van der Waals surface area contributed by atoms with E-state index in [2.05, 4.69) is 4.98 Å². The summed E-state index contributed by atoms with van der Waals surface area (Å²) in [5.41, 5.74) is 2.95. The topological polar surface area (TPSA) is 37.6 Å². The number of fused-ring (bicyclic) bond motifs is 1. The summed E-state index contributed by atoms with van der Waals surface area (Å²) in [6.07, 6.45) is 4.10. The molecular formula is C12H15N3O. The molecule has 0 N–H and O–H groups in total. The fraction of sp³-hybridized carbons (Fsp3) is 0.333. The van der Waals surface area contributed by atoms with Crippen LogP contribution in [-0.4, -0.2) is 29.3 Å². The Morgan fingerprint density at radius 3 is 2.88 bits per heavy atom. The molecule has 16 heavy (non-hydrogen) atoms. The zero-order chi connectivity index (χ0) is 11.7. The van der Waals surface area contributed by atoms with Crippen molar-refractivity contribution in [2.75, 3.05) is 19.0 Å². The minimum atomic E-state index is 0.135. The SMILES string of the molecule is CC(=O)Cc1ncn2ccc(N(C)C)cc12. The number of carbonyl (C=O) groups is 1. The summed E-state index contributed by atoms with van der Waals surface area (Å²) >= 11 is 0. The lowest BCUT2D eigenvalue weighted by Gasteiger charge is -2.12. The minimum absolute atomic E-state index is 0.135. The first-order valence-electron chi connectivity index (χ1n) is 5.20. The monoisotopic (exact) mass is 217 g/mol. The molecule has 4 nitrogen and oxygen atoms in total. The Morgan fingerprint density at radius 1 is 1.50 bits per heavy atom. The Hall–Kier alpha value is -1.84. The molecule has 0 bridgehead atoms. The first-order chi connectivity index (χ1) is 7.58. The number of hydrogen-bond acceptors (Lipinski definition) is 3. The fourth-order valence-electron chi connectivity index (χ4n) is 1.68. The van der Waals surface area contributed by atoms with E-state index in [-0.39, 0.29) is 5.78 Å². The molecule has 0 saturated carbocycles. The van der Waals surface area contributed by atoms with E-state index in [4.69, 9.17) is 0 Å². The summed E-state index contributed by atoms with van der Waals surface area (Å²) in [7, 11) is 3.99. The summed E-state index contributed by atoms with van der Waals surface area (Å²) in [4.78, 5) is 17.4. The summed E-state index contributed by atoms with van der Waals surface area (Å²) in [5, 5.41) is 0. The van der Waals surface area contributed by atoms with E-state index in [1.54, 1.807) is 13.3 Å². The standard InChI is InChI=1S/C12H15N3O/c1-9(16)6-11-12-7-10(14(2)3)4-5-15(12)8-13-11/h4-5,7-8H,6H2,1-3H3. The molecule has 2 aromatic heterocycles. The van der Waals surface area contributed by atoms with Gasteiger partial charge in [0.25, 0.3) is 0 Å². The number of Topliss-reactive ketones (excluding diaryl/α,β-unsaturated/α-hetero) is 1. The number of carbonyl (C=O) groups excluding carboxylic acids is 1. The van der Waals surface area contributed by atoms with Crippen LogP contribution >= 0.6 is 0 Å². The predicted molar refractivity (Wildman–Crippen MR) is 63.9 cm³/mol. The summed E-state index contributed by atoms with van der Waals surface area (Å²) in [5.74, 6) is 0.135. The Morgan fingerprint density at radius 2 is 2.25 bits per heavy atom. The molecule has 0 unspecified atom stereocenters. The van der Waals surface area contributed by atoms with Crippen LogP contribution < -0.4 is 4.90 Å². The van der Waals surface area contributed by atoms with Crippen LogP contribution in [0.15, 0.2) is 24.7 Å². The molecule has 0 aliphatic rings. The van der Waals surface area contributed by atoms with E-state index < -0.39 is 0 Å². The molecule has 0 amide bonds. The molecule has 0 radical (unpaired) electrons. The van der Waals surface area contributed by atoms with Gasteiger partial charge in [-0.25, -0.2) is 4.98 Å². The average Bonchev–Trinajstić information content (AvgIpc) is 2.60. The predicted octanol–water partition coefficient (Wildman–Crippen LogP) is 1.53. The number of nitrogens with zero attached hydrogens (tertiary/aromatic N) is 3. The van der Waals surface area contributed by atoms with Gasteiger partial charge in [-0.1, -0.05) is 0 Å². The Bertz CT molecular complexity index is 528. The number of pyridine rings is 1. The number of aromatic nitrogens is 2. The van der Waals surface area contributed by atoms with E-state index in [1.807, 2.05) is 41.7 Å². The number of anilines is 1. The maximum absolute atomic E-state index is 11.1. The van der Waals surface area contributed by atoms with Crippen LogP contribution in [0.3, 0.4) is 0 Å². The molecule has 0 saturated heterocycles. The van der Waals surface area contributed by atoms with Gasteiger partial charge in [0.05, 0.1) is 24.0 Å². The van der Waals surface area contributed by atoms with Gasteiger partial charge in [-0.3, -0.25) is 4.79 Å². The van der Waals surface area contributed by atoms with Crippen molar-refractivity contribution in [3.63, 3.8) is 0 Å². The number of hydrogen-bond donors (Lipinski definition) is 0. The van der Waals surface area contributed by atoms with Gasteiger partial charge in [0.15, 0.2) is 0 Å². The minimum Gasteiger partial charge on any atom is -0.378 e. The summed E-state index contributed by atoms with van der Waals surface area (Å²) < 4.78 is 1.94. The van der Waals surface area contributed by atoms with Gasteiger partial charge in [-0.2, -0.15) is 0 Å². The van der Waals surface area contributed by atoms with Gasteiger partial charge in [-0.05, 0) is 19.1 Å². The van der Waals surface area contributed by atoms with Gasteiger partial charge >= 0.3 is 0 Å². The zero-order valence-electron chi connectivity index (χ0n) is 9.77. The lowest BCUT2D eigenvalue weighted by Crippen LogP contribution is -2.08. The molecule has 0 spiro atoms. The summed E-state index contributed by atoms with van der Waals surface area (Å²) in [6.45, 7) is 1.58. The average molecular weight is 217 g/mol. The highest BCUT2D eigenvalue weighted by Gasteiger charge is 2.07. The number of imidazole rings is 1. The number of rotatable bonds is 3. The lowest BCUT2D eigenvalue weighted by molar-refractivity contribution is -0.116. The Labute approximate surface area is 94.5 Å². The third-order valence-corrected chi connectivity index (χ3v) is 2.54. The van der Waals surface area contributed by atoms with Crippen molar-refractivity contribution < 1.29 is 4.79 Å². The molecule has 0 fully saturated rings. The smallest absolute Gasteiger partial charge is 0.135 e. The second-order valence-electron chi connectivity index (χ2n) is 4.14. The largest absolute Gasteiger partial charge is 0.378 e. The van der Waals surface area contributed by atoms with E-state index in [0.29, 0.717) is 6.42 Å². The molecule has 0 aromatic carbocycles. The highest BCUT2D eigenvalue weighted by atomic mass is 16.1. The van der Waals surface area contributed by atoms with E-state index in [9.17, 15) is 4.79 Å². The van der Waals surface area contributed by atoms with E-state index >= 15 is 0 Å². The molecule has 0 atom stereocenters. The lowest BCUT2D eigenvalue weighted by atomic mass is 10.2. The van der Waals surface area contributed by atoms with Crippen LogP contribution in [0.1, 0.15) is 12.6 Å². The quantitative estimate of drug-likeness (QED) is 0.782. The third-order valence-electron chi connectivity index (χ3n) is 2.54. The van der Waals surface area contributed by atoms with Crippen molar-refractivity contribution in [2.45, 2.75) is 13.3 Å². The number of ketones is 1. The molecule has 2 rings (SSSR count). The van der Waals surface area contributed by atoms with Crippen LogP contribution in [0.5, 0.6) is 0 Å². The molecule has 0 aliphatic carbocycles. The third kappa shape index (κ3) is 1.91. The van der Waals surface area contributed by atoms with Crippen LogP contribution in [0.4, 0.5) is 5.69 Å². The second-order valence-corrected chi connectivity index (χ2v) is 4.14. The van der Waals surface area contributed by atoms with Crippen LogP contribution in [0.2, 0.25) is 0 Å². The van der Waals surface area contributed by atoms with Crippen molar-refractivity contribution in [1.82, 2.24) is 9.38 Å². The van der Waals surface area contributed by atoms with Crippen LogP contribution in [0, 0.1) is 0 Å². The maximum atomic E-state index is 11.1. The maximum Gasteiger partial charge on any atom is 0.135 e. The van der Waals surface area contributed by atoms with Crippen molar-refractivity contribution in [2.24, 2.45) is 0 Å². The van der Waals surface area contributed by atoms with Gasteiger partial charge < -0.3 is 9.30 Å². The fourth-order valence-corrected chi connectivity index (χ4v) is 1.68. The van der Waals surface area contributed by atoms with Crippen LogP contribution in [-0.2, 0) is 11.2 Å². The molecule has 2 aromatic rings. The van der Waals surface area contributed by atoms with Crippen molar-refractivity contribution in [1.29, 1.82) is 0 Å². The highest BCUT2D eigenvalue weighted by Crippen LogP contribution is 2.17. The Balaban J connectivity index is 2.51. The first kappa shape index (κ1) is 10.7. The first-order valence-corrected chi connectivity index (χ1v) is 5.20. The zero-order valence-corrected chi connectivity index (χ0v) is 9.77. The molecule has 2 heterocycles. The van der Waals surface area contributed by atoms with Crippen molar-refractivity contribution >= 4 is 17.0 Å². The van der Waals surface area contributed by atoms with Gasteiger partial charge in [0, 0.05) is 26.0 Å². The van der Waals surface area contributed by atoms with Gasteiger partial charge in [-0.15, -0.1) is 0 Å². The van der Waals surface area contributed by atoms with Crippen LogP contribution in [0.25, 0.3) is 5.52 Å². The van der Waals surface area contributed by atoms with Crippen molar-refractivity contribution in [3.05, 3.63) is 30.4 Å². The normalized spacial score (nSPS) is 10.7. The van der Waals surface area contributed by atoms with Crippen molar-refractivity contribution in [3.8, 4) is 0 Å². The Kier molecular flexibility index (Phi) is 2.64. The molecule has 84 valence electrons. The van der Waals surface area contributed by atoms with E-state index in [0.717, 1.165) is 16.9 Å².